The summed E-state index contributed by atoms with van der Waals surface area (Å²) in [6, 6.07) is 11.7. The van der Waals surface area contributed by atoms with Crippen LogP contribution in [0.25, 0.3) is 6.08 Å². The van der Waals surface area contributed by atoms with E-state index in [1.165, 1.54) is 15.9 Å². The van der Waals surface area contributed by atoms with Crippen LogP contribution < -0.4 is 19.6 Å². The van der Waals surface area contributed by atoms with Crippen LogP contribution in [0.4, 0.5) is 0 Å². The van der Waals surface area contributed by atoms with E-state index in [0.29, 0.717) is 42.0 Å². The lowest BCUT2D eigenvalue weighted by Gasteiger charge is -2.25. The number of thiazole rings is 1. The lowest BCUT2D eigenvalue weighted by Crippen LogP contribution is -2.40. The number of benzene rings is 2. The molecule has 9 heteroatoms. The third-order valence-electron chi connectivity index (χ3n) is 5.29. The minimum Gasteiger partial charge on any atom is -0.497 e. The number of hydrogen-bond donors (Lipinski definition) is 0. The molecule has 1 atom stereocenters. The molecule has 2 aromatic carbocycles. The number of carbonyl (C=O) groups excluding carboxylic acids is 1. The van der Waals surface area contributed by atoms with Crippen molar-refractivity contribution in [3.05, 3.63) is 94.6 Å². The van der Waals surface area contributed by atoms with Crippen LogP contribution in [0.15, 0.2) is 63.5 Å². The molecule has 0 saturated carbocycles. The van der Waals surface area contributed by atoms with Crippen molar-refractivity contribution in [3.63, 3.8) is 0 Å². The molecule has 2 heterocycles. The first-order chi connectivity index (χ1) is 16.2. The topological polar surface area (TPSA) is 69.9 Å². The molecule has 0 fully saturated rings. The number of ether oxygens (including phenoxy) is 2. The lowest BCUT2D eigenvalue weighted by atomic mass is 9.96. The van der Waals surface area contributed by atoms with Crippen molar-refractivity contribution in [1.82, 2.24) is 4.57 Å². The Morgan fingerprint density at radius 2 is 1.79 bits per heavy atom. The van der Waals surface area contributed by atoms with Gasteiger partial charge in [0, 0.05) is 15.6 Å². The molecule has 1 unspecified atom stereocenters. The zero-order chi connectivity index (χ0) is 24.6. The Bertz CT molecular complexity index is 1450. The molecule has 1 aromatic heterocycles. The van der Waals surface area contributed by atoms with E-state index in [9.17, 15) is 9.59 Å². The molecule has 1 aliphatic heterocycles. The molecule has 0 saturated heterocycles. The summed E-state index contributed by atoms with van der Waals surface area (Å²) in [5.41, 5.74) is 1.79. The first-order valence-electron chi connectivity index (χ1n) is 10.5. The van der Waals surface area contributed by atoms with Crippen molar-refractivity contribution in [2.75, 3.05) is 7.11 Å². The fraction of sp³-hybridized carbons (Fsp3) is 0.240. The van der Waals surface area contributed by atoms with E-state index in [1.807, 2.05) is 12.1 Å². The SMILES string of the molecule is COc1ccc(C2C(C(=O)OC(C)C)=C(C)N=c3s/c(=C/c4c(Cl)cccc4Cl)c(=O)n32)cc1. The summed E-state index contributed by atoms with van der Waals surface area (Å²) >= 11 is 13.9. The van der Waals surface area contributed by atoms with Gasteiger partial charge >= 0.3 is 5.97 Å². The van der Waals surface area contributed by atoms with Crippen molar-refractivity contribution in [3.8, 4) is 5.75 Å². The normalized spacial score (nSPS) is 15.9. The summed E-state index contributed by atoms with van der Waals surface area (Å²) in [6.45, 7) is 5.30. The van der Waals surface area contributed by atoms with Gasteiger partial charge in [-0.25, -0.2) is 9.79 Å². The largest absolute Gasteiger partial charge is 0.497 e. The quantitative estimate of drug-likeness (QED) is 0.468. The highest BCUT2D eigenvalue weighted by molar-refractivity contribution is 7.07. The lowest BCUT2D eigenvalue weighted by molar-refractivity contribution is -0.143. The van der Waals surface area contributed by atoms with Gasteiger partial charge in [0.15, 0.2) is 4.80 Å². The molecule has 0 radical (unpaired) electrons. The molecule has 176 valence electrons. The molecule has 0 spiro atoms. The van der Waals surface area contributed by atoms with Crippen LogP contribution in [-0.2, 0) is 9.53 Å². The van der Waals surface area contributed by atoms with Crippen molar-refractivity contribution in [2.45, 2.75) is 32.9 Å². The number of methoxy groups -OCH3 is 1. The van der Waals surface area contributed by atoms with Gasteiger partial charge in [0.25, 0.3) is 5.56 Å². The van der Waals surface area contributed by atoms with Gasteiger partial charge in [-0.3, -0.25) is 9.36 Å². The molecule has 0 N–H and O–H groups in total. The van der Waals surface area contributed by atoms with Gasteiger partial charge in [-0.05, 0) is 56.7 Å². The Balaban J connectivity index is 1.97. The van der Waals surface area contributed by atoms with Gasteiger partial charge in [-0.15, -0.1) is 0 Å². The molecular weight excluding hydrogens is 495 g/mol. The summed E-state index contributed by atoms with van der Waals surface area (Å²) in [7, 11) is 1.58. The Kier molecular flexibility index (Phi) is 6.98. The summed E-state index contributed by atoms with van der Waals surface area (Å²) in [4.78, 5) is 31.8. The maximum Gasteiger partial charge on any atom is 0.338 e. The third-order valence-corrected chi connectivity index (χ3v) is 6.93. The number of carbonyl (C=O) groups is 1. The van der Waals surface area contributed by atoms with Crippen molar-refractivity contribution in [2.24, 2.45) is 4.99 Å². The van der Waals surface area contributed by atoms with Gasteiger partial charge < -0.3 is 9.47 Å². The average molecular weight is 517 g/mol. The summed E-state index contributed by atoms with van der Waals surface area (Å²) < 4.78 is 12.7. The second-order valence-corrected chi connectivity index (χ2v) is 9.77. The van der Waals surface area contributed by atoms with Gasteiger partial charge in [0.1, 0.15) is 5.75 Å². The number of aromatic nitrogens is 1. The molecule has 0 amide bonds. The molecule has 0 bridgehead atoms. The maximum absolute atomic E-state index is 13.6. The van der Waals surface area contributed by atoms with Crippen molar-refractivity contribution >= 4 is 46.6 Å². The molecule has 34 heavy (non-hydrogen) atoms. The average Bonchev–Trinajstić information content (AvgIpc) is 3.09. The highest BCUT2D eigenvalue weighted by atomic mass is 35.5. The summed E-state index contributed by atoms with van der Waals surface area (Å²) in [6.07, 6.45) is 1.33. The number of rotatable bonds is 5. The van der Waals surface area contributed by atoms with E-state index in [2.05, 4.69) is 4.99 Å². The van der Waals surface area contributed by atoms with E-state index in [1.54, 1.807) is 64.3 Å². The first kappa shape index (κ1) is 24.3. The van der Waals surface area contributed by atoms with Crippen LogP contribution in [0, 0.1) is 0 Å². The van der Waals surface area contributed by atoms with Crippen LogP contribution >= 0.6 is 34.5 Å². The van der Waals surface area contributed by atoms with E-state index >= 15 is 0 Å². The minimum absolute atomic E-state index is 0.303. The smallest absolute Gasteiger partial charge is 0.338 e. The van der Waals surface area contributed by atoms with Crippen LogP contribution in [0.2, 0.25) is 10.0 Å². The molecular formula is C25H22Cl2N2O4S. The third kappa shape index (κ3) is 4.56. The van der Waals surface area contributed by atoms with Gasteiger partial charge in [-0.2, -0.15) is 0 Å². The molecule has 1 aliphatic rings. The van der Waals surface area contributed by atoms with Crippen molar-refractivity contribution in [1.29, 1.82) is 0 Å². The zero-order valence-electron chi connectivity index (χ0n) is 19.0. The number of hydrogen-bond acceptors (Lipinski definition) is 6. The minimum atomic E-state index is -0.711. The second kappa shape index (κ2) is 9.78. The highest BCUT2D eigenvalue weighted by Gasteiger charge is 2.33. The Morgan fingerprint density at radius 1 is 1.15 bits per heavy atom. The fourth-order valence-corrected chi connectivity index (χ4v) is 5.28. The second-order valence-electron chi connectivity index (χ2n) is 7.94. The Hall–Kier alpha value is -2.87. The van der Waals surface area contributed by atoms with Crippen molar-refractivity contribution < 1.29 is 14.3 Å². The molecule has 6 nitrogen and oxygen atoms in total. The number of esters is 1. The number of fused-ring (bicyclic) bond motifs is 1. The van der Waals surface area contributed by atoms with Crippen LogP contribution in [0.3, 0.4) is 0 Å². The fourth-order valence-electron chi connectivity index (χ4n) is 3.74. The number of nitrogens with zero attached hydrogens (tertiary/aromatic N) is 2. The van der Waals surface area contributed by atoms with E-state index in [4.69, 9.17) is 32.7 Å². The van der Waals surface area contributed by atoms with Gasteiger partial charge in [0.2, 0.25) is 0 Å². The number of halogens is 2. The monoisotopic (exact) mass is 516 g/mol. The predicted octanol–water partition coefficient (Wildman–Crippen LogP) is 4.50. The van der Waals surface area contributed by atoms with Crippen LogP contribution in [-0.4, -0.2) is 23.8 Å². The number of allylic oxidation sites excluding steroid dienone is 1. The zero-order valence-corrected chi connectivity index (χ0v) is 21.3. The first-order valence-corrected chi connectivity index (χ1v) is 12.1. The molecule has 3 aromatic rings. The summed E-state index contributed by atoms with van der Waals surface area (Å²) in [5.74, 6) is 0.150. The Morgan fingerprint density at radius 3 is 2.38 bits per heavy atom. The van der Waals surface area contributed by atoms with Crippen LogP contribution in [0.1, 0.15) is 37.9 Å². The van der Waals surface area contributed by atoms with E-state index in [0.717, 1.165) is 5.56 Å². The van der Waals surface area contributed by atoms with Crippen LogP contribution in [0.5, 0.6) is 5.75 Å². The van der Waals surface area contributed by atoms with Gasteiger partial charge in [0.05, 0.1) is 35.1 Å². The predicted molar refractivity (Wildman–Crippen MR) is 134 cm³/mol. The van der Waals surface area contributed by atoms with Gasteiger partial charge in [-0.1, -0.05) is 52.7 Å². The van der Waals surface area contributed by atoms with E-state index in [-0.39, 0.29) is 11.7 Å². The maximum atomic E-state index is 13.6. The van der Waals surface area contributed by atoms with E-state index < -0.39 is 12.0 Å². The summed E-state index contributed by atoms with van der Waals surface area (Å²) in [5, 5.41) is 0.866. The molecule has 4 rings (SSSR count). The standard InChI is InChI=1S/C25H22Cl2N2O4S/c1-13(2)33-24(31)21-14(3)28-25-29(22(21)15-8-10-16(32-4)11-9-15)23(30)20(34-25)12-17-18(26)6-5-7-19(17)27/h5-13,22H,1-4H3/b20-12+. The Labute approximate surface area is 210 Å². The highest BCUT2D eigenvalue weighted by Crippen LogP contribution is 2.32. The molecule has 0 aliphatic carbocycles.